The van der Waals surface area contributed by atoms with Gasteiger partial charge in [-0.3, -0.25) is 4.79 Å². The summed E-state index contributed by atoms with van der Waals surface area (Å²) in [6.07, 6.45) is -0.806. The summed E-state index contributed by atoms with van der Waals surface area (Å²) in [4.78, 5) is 14.9. The number of ether oxygens (including phenoxy) is 1. The molecule has 1 atom stereocenters. The van der Waals surface area contributed by atoms with E-state index in [1.54, 1.807) is 25.1 Å². The highest BCUT2D eigenvalue weighted by molar-refractivity contribution is 9.10. The Kier molecular flexibility index (Phi) is 4.61. The zero-order chi connectivity index (χ0) is 17.1. The Labute approximate surface area is 146 Å². The van der Waals surface area contributed by atoms with Crippen LogP contribution in [-0.2, 0) is 4.79 Å². The number of hydrogen-bond donors (Lipinski definition) is 2. The summed E-state index contributed by atoms with van der Waals surface area (Å²) in [5, 5.41) is 18.1. The lowest BCUT2D eigenvalue weighted by Gasteiger charge is -2.11. The molecule has 0 bridgehead atoms. The van der Waals surface area contributed by atoms with E-state index in [1.165, 1.54) is 0 Å². The second kappa shape index (κ2) is 6.84. The second-order valence-electron chi connectivity index (χ2n) is 5.10. The van der Waals surface area contributed by atoms with E-state index in [-0.39, 0.29) is 11.6 Å². The van der Waals surface area contributed by atoms with Crippen LogP contribution in [-0.4, -0.2) is 22.1 Å². The molecule has 0 spiro atoms. The van der Waals surface area contributed by atoms with Crippen LogP contribution in [0.5, 0.6) is 11.6 Å². The van der Waals surface area contributed by atoms with Crippen LogP contribution >= 0.6 is 15.9 Å². The molecular formula is C17H14BrN3O3. The van der Waals surface area contributed by atoms with E-state index in [9.17, 15) is 9.90 Å². The highest BCUT2D eigenvalue weighted by Gasteiger charge is 2.16. The molecule has 0 fully saturated rings. The molecule has 6 nitrogen and oxygen atoms in total. The number of azo groups is 1. The Hall–Kier alpha value is -2.67. The largest absolute Gasteiger partial charge is 0.493 e. The van der Waals surface area contributed by atoms with Crippen LogP contribution < -0.4 is 4.74 Å². The maximum absolute atomic E-state index is 12.1. The van der Waals surface area contributed by atoms with E-state index < -0.39 is 12.0 Å². The number of rotatable bonds is 4. The molecule has 1 aromatic heterocycles. The summed E-state index contributed by atoms with van der Waals surface area (Å²) in [5.74, 6) is -0.133. The molecule has 0 radical (unpaired) electrons. The molecule has 1 amide bonds. The predicted octanol–water partition coefficient (Wildman–Crippen LogP) is 4.71. The minimum absolute atomic E-state index is 0.132. The van der Waals surface area contributed by atoms with Crippen molar-refractivity contribution in [2.24, 2.45) is 10.2 Å². The van der Waals surface area contributed by atoms with Gasteiger partial charge >= 0.3 is 5.91 Å². The minimum atomic E-state index is -0.806. The van der Waals surface area contributed by atoms with Gasteiger partial charge in [0, 0.05) is 5.39 Å². The Morgan fingerprint density at radius 2 is 1.92 bits per heavy atom. The van der Waals surface area contributed by atoms with Crippen LogP contribution in [0.1, 0.15) is 6.92 Å². The van der Waals surface area contributed by atoms with E-state index in [1.807, 2.05) is 30.3 Å². The first-order valence-electron chi connectivity index (χ1n) is 7.22. The molecule has 7 heteroatoms. The number of H-pyrrole nitrogens is 1. The molecule has 2 aromatic carbocycles. The molecule has 1 heterocycles. The first-order valence-corrected chi connectivity index (χ1v) is 8.02. The van der Waals surface area contributed by atoms with Crippen molar-refractivity contribution in [1.29, 1.82) is 0 Å². The smallest absolute Gasteiger partial charge is 0.304 e. The highest BCUT2D eigenvalue weighted by Crippen LogP contribution is 2.35. The van der Waals surface area contributed by atoms with Crippen LogP contribution in [0.2, 0.25) is 0 Å². The molecule has 2 N–H and O–H groups in total. The Morgan fingerprint density at radius 3 is 2.71 bits per heavy atom. The molecule has 0 unspecified atom stereocenters. The second-order valence-corrected chi connectivity index (χ2v) is 5.95. The standard InChI is InChI=1S/C17H14BrN3O3/c1-10(24-14-9-5-3-7-12(14)18)16(22)21-20-15-11-6-2-4-8-13(11)19-17(15)23/h2-10,19,23H,1H3/t10-/m0/s1. The molecule has 3 rings (SSSR count). The SMILES string of the molecule is C[C@H](Oc1ccccc1Br)C(=O)N=Nc1c(O)[nH]c2ccccc12. The fraction of sp³-hybridized carbons (Fsp3) is 0.118. The number of amides is 1. The molecule has 0 aliphatic rings. The third kappa shape index (κ3) is 3.30. The Bertz CT molecular complexity index is 920. The first kappa shape index (κ1) is 16.2. The third-order valence-corrected chi connectivity index (χ3v) is 4.05. The molecule has 0 saturated heterocycles. The van der Waals surface area contributed by atoms with Gasteiger partial charge in [0.2, 0.25) is 5.88 Å². The average molecular weight is 388 g/mol. The summed E-state index contributed by atoms with van der Waals surface area (Å²) >= 11 is 3.35. The maximum atomic E-state index is 12.1. The van der Waals surface area contributed by atoms with Crippen molar-refractivity contribution in [2.75, 3.05) is 0 Å². The summed E-state index contributed by atoms with van der Waals surface area (Å²) in [6, 6.07) is 14.5. The number of carbonyl (C=O) groups excluding carboxylic acids is 1. The van der Waals surface area contributed by atoms with Crippen LogP contribution in [0.15, 0.2) is 63.2 Å². The summed E-state index contributed by atoms with van der Waals surface area (Å²) in [6.45, 7) is 1.59. The predicted molar refractivity (Wildman–Crippen MR) is 93.7 cm³/mol. The summed E-state index contributed by atoms with van der Waals surface area (Å²) in [7, 11) is 0. The molecule has 3 aromatic rings. The van der Waals surface area contributed by atoms with E-state index in [0.29, 0.717) is 16.7 Å². The van der Waals surface area contributed by atoms with Gasteiger partial charge in [-0.25, -0.2) is 0 Å². The lowest BCUT2D eigenvalue weighted by Crippen LogP contribution is -2.21. The fourth-order valence-corrected chi connectivity index (χ4v) is 2.55. The lowest BCUT2D eigenvalue weighted by molar-refractivity contribution is -0.124. The van der Waals surface area contributed by atoms with Crippen molar-refractivity contribution in [3.05, 3.63) is 53.0 Å². The molecule has 122 valence electrons. The number of para-hydroxylation sites is 2. The van der Waals surface area contributed by atoms with Gasteiger partial charge in [0.25, 0.3) is 0 Å². The van der Waals surface area contributed by atoms with Gasteiger partial charge in [-0.05, 0) is 41.1 Å². The highest BCUT2D eigenvalue weighted by atomic mass is 79.9. The topological polar surface area (TPSA) is 87.0 Å². The van der Waals surface area contributed by atoms with E-state index in [2.05, 4.69) is 31.1 Å². The molecular weight excluding hydrogens is 374 g/mol. The van der Waals surface area contributed by atoms with Gasteiger partial charge in [0.05, 0.1) is 9.99 Å². The lowest BCUT2D eigenvalue weighted by atomic mass is 10.2. The van der Waals surface area contributed by atoms with E-state index in [0.717, 1.165) is 4.47 Å². The third-order valence-electron chi connectivity index (χ3n) is 3.40. The number of fused-ring (bicyclic) bond motifs is 1. The molecule has 24 heavy (non-hydrogen) atoms. The number of halogens is 1. The Balaban J connectivity index is 1.77. The average Bonchev–Trinajstić information content (AvgIpc) is 2.90. The number of aromatic nitrogens is 1. The van der Waals surface area contributed by atoms with Crippen molar-refractivity contribution < 1.29 is 14.6 Å². The van der Waals surface area contributed by atoms with Crippen LogP contribution in [0.4, 0.5) is 5.69 Å². The van der Waals surface area contributed by atoms with Gasteiger partial charge in [0.1, 0.15) is 5.75 Å². The number of benzene rings is 2. The summed E-state index contributed by atoms with van der Waals surface area (Å²) in [5.41, 5.74) is 0.945. The molecule has 0 aliphatic carbocycles. The maximum Gasteiger partial charge on any atom is 0.304 e. The van der Waals surface area contributed by atoms with Crippen molar-refractivity contribution in [3.8, 4) is 11.6 Å². The van der Waals surface area contributed by atoms with Gasteiger partial charge in [-0.2, -0.15) is 0 Å². The van der Waals surface area contributed by atoms with Gasteiger partial charge < -0.3 is 14.8 Å². The van der Waals surface area contributed by atoms with Crippen molar-refractivity contribution in [2.45, 2.75) is 13.0 Å². The normalized spacial score (nSPS) is 12.6. The zero-order valence-electron chi connectivity index (χ0n) is 12.7. The number of hydrogen-bond acceptors (Lipinski definition) is 4. The molecule has 0 aliphatic heterocycles. The van der Waals surface area contributed by atoms with Crippen molar-refractivity contribution in [1.82, 2.24) is 4.98 Å². The summed E-state index contributed by atoms with van der Waals surface area (Å²) < 4.78 is 6.32. The van der Waals surface area contributed by atoms with E-state index in [4.69, 9.17) is 4.74 Å². The first-order chi connectivity index (χ1) is 11.6. The fourth-order valence-electron chi connectivity index (χ4n) is 2.18. The van der Waals surface area contributed by atoms with Crippen LogP contribution in [0.25, 0.3) is 10.9 Å². The minimum Gasteiger partial charge on any atom is -0.493 e. The van der Waals surface area contributed by atoms with Crippen molar-refractivity contribution in [3.63, 3.8) is 0 Å². The van der Waals surface area contributed by atoms with E-state index >= 15 is 0 Å². The Morgan fingerprint density at radius 1 is 1.21 bits per heavy atom. The number of aromatic amines is 1. The monoisotopic (exact) mass is 387 g/mol. The number of aromatic hydroxyl groups is 1. The van der Waals surface area contributed by atoms with Gasteiger partial charge in [0.15, 0.2) is 11.8 Å². The molecule has 0 saturated carbocycles. The number of nitrogens with one attached hydrogen (secondary N) is 1. The van der Waals surface area contributed by atoms with Crippen LogP contribution in [0, 0.1) is 0 Å². The number of carbonyl (C=O) groups is 1. The number of nitrogens with zero attached hydrogens (tertiary/aromatic N) is 2. The van der Waals surface area contributed by atoms with Gasteiger partial charge in [-0.15, -0.1) is 10.2 Å². The quantitative estimate of drug-likeness (QED) is 0.635. The van der Waals surface area contributed by atoms with Crippen molar-refractivity contribution >= 4 is 38.4 Å². The van der Waals surface area contributed by atoms with Crippen LogP contribution in [0.3, 0.4) is 0 Å². The zero-order valence-corrected chi connectivity index (χ0v) is 14.3. The van der Waals surface area contributed by atoms with Gasteiger partial charge in [-0.1, -0.05) is 30.3 Å².